The molecule has 4 aliphatic rings. The number of rotatable bonds is 8. The Morgan fingerprint density at radius 2 is 1.71 bits per heavy atom. The van der Waals surface area contributed by atoms with Gasteiger partial charge in [0.25, 0.3) is 0 Å². The van der Waals surface area contributed by atoms with Crippen molar-refractivity contribution in [1.29, 1.82) is 0 Å². The molecule has 5 rings (SSSR count). The number of aliphatic hydroxyl groups is 2. The van der Waals surface area contributed by atoms with E-state index in [0.717, 1.165) is 43.9 Å². The third-order valence-corrected chi connectivity index (χ3v) is 14.8. The molecule has 10 atom stereocenters. The molecule has 41 heavy (non-hydrogen) atoms. The number of allylic oxidation sites excluding steroid dienone is 1. The number of sulfone groups is 1. The van der Waals surface area contributed by atoms with Crippen LogP contribution < -0.4 is 0 Å². The van der Waals surface area contributed by atoms with Crippen molar-refractivity contribution in [2.45, 2.75) is 134 Å². The van der Waals surface area contributed by atoms with E-state index in [1.165, 1.54) is 25.7 Å². The van der Waals surface area contributed by atoms with Crippen LogP contribution in [0.3, 0.4) is 0 Å². The van der Waals surface area contributed by atoms with Gasteiger partial charge >= 0.3 is 0 Å². The van der Waals surface area contributed by atoms with Crippen LogP contribution >= 0.6 is 0 Å². The second-order valence-corrected chi connectivity index (χ2v) is 18.1. The second-order valence-electron chi connectivity index (χ2n) is 15.9. The first kappa shape index (κ1) is 31.3. The Kier molecular flexibility index (Phi) is 8.69. The van der Waals surface area contributed by atoms with Crippen LogP contribution in [0.5, 0.6) is 0 Å². The molecule has 230 valence electrons. The molecule has 4 aliphatic carbocycles. The van der Waals surface area contributed by atoms with Gasteiger partial charge in [-0.15, -0.1) is 0 Å². The van der Waals surface area contributed by atoms with Crippen molar-refractivity contribution in [3.8, 4) is 0 Å². The Morgan fingerprint density at radius 3 is 2.37 bits per heavy atom. The van der Waals surface area contributed by atoms with Crippen molar-refractivity contribution in [1.82, 2.24) is 0 Å². The molecule has 0 aliphatic heterocycles. The Labute approximate surface area is 250 Å². The number of hydrogen-bond acceptors (Lipinski definition) is 4. The van der Waals surface area contributed by atoms with Crippen LogP contribution in [0.15, 0.2) is 46.9 Å². The van der Waals surface area contributed by atoms with Crippen molar-refractivity contribution in [3.63, 3.8) is 0 Å². The Bertz CT molecular complexity index is 1200. The summed E-state index contributed by atoms with van der Waals surface area (Å²) >= 11 is 0. The molecule has 0 bridgehead atoms. The average molecular weight is 585 g/mol. The Morgan fingerprint density at radius 1 is 1.00 bits per heavy atom. The number of benzene rings is 1. The van der Waals surface area contributed by atoms with Gasteiger partial charge in [-0.3, -0.25) is 0 Å². The standard InChI is InChI=1S/C36H56O4S/c1-7-36(38)20-18-28-25(23-36)13-14-30-29(28)17-19-35(6)31(15-16-32(30)35)24(2)21-27(22-33(37)34(3,4)5)41(39,40)26-11-9-8-10-12-26/h8-13,24,27-33,37-38H,7,14-23H2,1-6H3/t24-,27?,28?,29?,30?,31?,32?,33?,35?,36+/m1/s1. The van der Waals surface area contributed by atoms with Crippen LogP contribution in [0.2, 0.25) is 0 Å². The van der Waals surface area contributed by atoms with Crippen molar-refractivity contribution < 1.29 is 18.6 Å². The summed E-state index contributed by atoms with van der Waals surface area (Å²) in [4.78, 5) is 0.376. The van der Waals surface area contributed by atoms with Crippen LogP contribution in [-0.4, -0.2) is 35.6 Å². The highest BCUT2D eigenvalue weighted by molar-refractivity contribution is 7.92. The minimum absolute atomic E-state index is 0.244. The first-order chi connectivity index (χ1) is 19.2. The summed E-state index contributed by atoms with van der Waals surface area (Å²) < 4.78 is 27.9. The van der Waals surface area contributed by atoms with Gasteiger partial charge in [0, 0.05) is 0 Å². The van der Waals surface area contributed by atoms with E-state index in [1.54, 1.807) is 29.8 Å². The quantitative estimate of drug-likeness (QED) is 0.304. The zero-order chi connectivity index (χ0) is 29.8. The molecule has 0 radical (unpaired) electrons. The van der Waals surface area contributed by atoms with Crippen molar-refractivity contribution in [2.24, 2.45) is 46.3 Å². The predicted octanol–water partition coefficient (Wildman–Crippen LogP) is 7.98. The summed E-state index contributed by atoms with van der Waals surface area (Å²) in [6, 6.07) is 8.88. The van der Waals surface area contributed by atoms with Gasteiger partial charge in [-0.25, -0.2) is 8.42 Å². The van der Waals surface area contributed by atoms with Crippen LogP contribution in [0.25, 0.3) is 0 Å². The lowest BCUT2D eigenvalue weighted by Crippen LogP contribution is -2.48. The number of aliphatic hydroxyl groups excluding tert-OH is 1. The van der Waals surface area contributed by atoms with E-state index in [9.17, 15) is 18.6 Å². The molecule has 3 saturated carbocycles. The number of hydrogen-bond donors (Lipinski definition) is 2. The lowest BCUT2D eigenvalue weighted by molar-refractivity contribution is -0.0462. The van der Waals surface area contributed by atoms with E-state index in [-0.39, 0.29) is 23.2 Å². The summed E-state index contributed by atoms with van der Waals surface area (Å²) in [7, 11) is -3.56. The average Bonchev–Trinajstić information content (AvgIpc) is 3.29. The van der Waals surface area contributed by atoms with E-state index in [0.29, 0.717) is 29.1 Å². The van der Waals surface area contributed by atoms with Gasteiger partial charge in [-0.2, -0.15) is 0 Å². The molecule has 2 N–H and O–H groups in total. The van der Waals surface area contributed by atoms with Crippen molar-refractivity contribution >= 4 is 9.84 Å². The molecular formula is C36H56O4S. The van der Waals surface area contributed by atoms with E-state index in [4.69, 9.17) is 0 Å². The Balaban J connectivity index is 1.35. The van der Waals surface area contributed by atoms with Crippen molar-refractivity contribution in [2.75, 3.05) is 0 Å². The monoisotopic (exact) mass is 584 g/mol. The highest BCUT2D eigenvalue weighted by atomic mass is 32.2. The molecule has 5 heteroatoms. The highest BCUT2D eigenvalue weighted by Gasteiger charge is 2.57. The topological polar surface area (TPSA) is 74.6 Å². The fourth-order valence-corrected chi connectivity index (χ4v) is 11.9. The smallest absolute Gasteiger partial charge is 0.181 e. The van der Waals surface area contributed by atoms with Gasteiger partial charge in [-0.05, 0) is 129 Å². The third kappa shape index (κ3) is 5.86. The summed E-state index contributed by atoms with van der Waals surface area (Å²) in [5.74, 6) is 3.61. The summed E-state index contributed by atoms with van der Waals surface area (Å²) in [5, 5.41) is 21.5. The highest BCUT2D eigenvalue weighted by Crippen LogP contribution is 2.65. The Hall–Kier alpha value is -1.17. The molecule has 0 aromatic heterocycles. The number of fused-ring (bicyclic) bond motifs is 5. The molecule has 0 amide bonds. The predicted molar refractivity (Wildman–Crippen MR) is 167 cm³/mol. The van der Waals surface area contributed by atoms with E-state index in [2.05, 4.69) is 26.8 Å². The molecule has 1 aromatic carbocycles. The molecule has 4 nitrogen and oxygen atoms in total. The van der Waals surface area contributed by atoms with Crippen LogP contribution in [0.1, 0.15) is 112 Å². The minimum Gasteiger partial charge on any atom is -0.393 e. The first-order valence-corrected chi connectivity index (χ1v) is 18.1. The van der Waals surface area contributed by atoms with Crippen LogP contribution in [0.4, 0.5) is 0 Å². The molecule has 0 heterocycles. The van der Waals surface area contributed by atoms with E-state index < -0.39 is 26.8 Å². The maximum absolute atomic E-state index is 14.0. The molecule has 0 spiro atoms. The largest absolute Gasteiger partial charge is 0.393 e. The molecule has 0 saturated heterocycles. The van der Waals surface area contributed by atoms with Gasteiger partial charge < -0.3 is 10.2 Å². The second kappa shape index (κ2) is 11.4. The summed E-state index contributed by atoms with van der Waals surface area (Å²) in [6.45, 7) is 12.9. The summed E-state index contributed by atoms with van der Waals surface area (Å²) in [6.07, 6.45) is 12.6. The molecule has 3 fully saturated rings. The lowest BCUT2D eigenvalue weighted by Gasteiger charge is -2.55. The fourth-order valence-electron chi connectivity index (χ4n) is 9.98. The van der Waals surface area contributed by atoms with E-state index in [1.807, 2.05) is 26.8 Å². The molecule has 1 aromatic rings. The van der Waals surface area contributed by atoms with Gasteiger partial charge in [0.2, 0.25) is 0 Å². The third-order valence-electron chi connectivity index (χ3n) is 12.6. The minimum atomic E-state index is -3.56. The zero-order valence-corrected chi connectivity index (χ0v) is 27.3. The zero-order valence-electron chi connectivity index (χ0n) is 26.5. The maximum atomic E-state index is 14.0. The van der Waals surface area contributed by atoms with Crippen molar-refractivity contribution in [3.05, 3.63) is 42.0 Å². The van der Waals surface area contributed by atoms with Crippen LogP contribution in [0, 0.1) is 46.3 Å². The maximum Gasteiger partial charge on any atom is 0.181 e. The van der Waals surface area contributed by atoms with Crippen LogP contribution in [-0.2, 0) is 9.84 Å². The normalized spacial score (nSPS) is 37.8. The molecular weight excluding hydrogens is 528 g/mol. The fraction of sp³-hybridized carbons (Fsp3) is 0.778. The molecule has 8 unspecified atom stereocenters. The first-order valence-electron chi connectivity index (χ1n) is 16.6. The van der Waals surface area contributed by atoms with Gasteiger partial charge in [0.05, 0.1) is 21.9 Å². The summed E-state index contributed by atoms with van der Waals surface area (Å²) in [5.41, 5.74) is 0.924. The van der Waals surface area contributed by atoms with Gasteiger partial charge in [0.15, 0.2) is 9.84 Å². The SMILES string of the molecule is CC[C@]1(O)CCC2C(=CCC3C2CCC2(C)C3CCC2[C@H](C)CC(CC(O)C(C)(C)C)S(=O)(=O)c2ccccc2)C1. The van der Waals surface area contributed by atoms with E-state index >= 15 is 0 Å². The van der Waals surface area contributed by atoms with Gasteiger partial charge in [0.1, 0.15) is 0 Å². The van der Waals surface area contributed by atoms with Gasteiger partial charge in [-0.1, -0.05) is 71.4 Å². The lowest BCUT2D eigenvalue weighted by atomic mass is 9.50.